The molecule has 1 unspecified atom stereocenters. The first kappa shape index (κ1) is 18.2. The number of fused-ring (bicyclic) bond motifs is 2. The highest BCUT2D eigenvalue weighted by Gasteiger charge is 2.38. The summed E-state index contributed by atoms with van der Waals surface area (Å²) in [6.45, 7) is 13.4. The molecule has 2 aliphatic heterocycles. The molecule has 138 valence electrons. The van der Waals surface area contributed by atoms with Crippen LogP contribution in [0.2, 0.25) is 18.1 Å². The molecule has 0 radical (unpaired) electrons. The first-order chi connectivity index (χ1) is 11.6. The molecule has 2 aliphatic rings. The van der Waals surface area contributed by atoms with E-state index in [-0.39, 0.29) is 17.1 Å². The van der Waals surface area contributed by atoms with Gasteiger partial charge in [-0.1, -0.05) is 20.8 Å². The summed E-state index contributed by atoms with van der Waals surface area (Å²) in [5.74, 6) is 0. The van der Waals surface area contributed by atoms with Gasteiger partial charge in [-0.25, -0.2) is 9.48 Å². The molecule has 0 aliphatic carbocycles. The van der Waals surface area contributed by atoms with Crippen LogP contribution in [0.15, 0.2) is 18.3 Å². The molecular formula is C18H30N4O2Si. The van der Waals surface area contributed by atoms with Gasteiger partial charge < -0.3 is 14.2 Å². The minimum Gasteiger partial charge on any atom is -0.416 e. The SMILES string of the molecule is CN1C(=O)N2CC(n3nccc3CCO[Si](C)(C)C(C)(C)C)=CC1C2. The first-order valence-electron chi connectivity index (χ1n) is 9.00. The first-order valence-corrected chi connectivity index (χ1v) is 11.9. The van der Waals surface area contributed by atoms with Gasteiger partial charge in [-0.3, -0.25) is 0 Å². The second kappa shape index (κ2) is 6.28. The number of rotatable bonds is 5. The van der Waals surface area contributed by atoms with Crippen LogP contribution in [-0.2, 0) is 10.8 Å². The topological polar surface area (TPSA) is 50.6 Å². The summed E-state index contributed by atoms with van der Waals surface area (Å²) in [6.07, 6.45) is 4.84. The molecule has 0 N–H and O–H groups in total. The molecule has 1 saturated heterocycles. The molecule has 0 spiro atoms. The van der Waals surface area contributed by atoms with Crippen molar-refractivity contribution in [2.24, 2.45) is 0 Å². The van der Waals surface area contributed by atoms with E-state index in [2.05, 4.69) is 45.0 Å². The maximum Gasteiger partial charge on any atom is 0.320 e. The largest absolute Gasteiger partial charge is 0.416 e. The Morgan fingerprint density at radius 1 is 1.36 bits per heavy atom. The van der Waals surface area contributed by atoms with Gasteiger partial charge >= 0.3 is 6.03 Å². The summed E-state index contributed by atoms with van der Waals surface area (Å²) < 4.78 is 8.29. The third-order valence-corrected chi connectivity index (χ3v) is 10.4. The standard InChI is InChI=1S/C18H30N4O2Si/c1-18(2,3)25(5,6)24-10-8-14-7-9-19-22(14)16-11-15-12-21(13-16)17(23)20(15)4/h7,9,11,15H,8,10,12-13H2,1-6H3. The minimum absolute atomic E-state index is 0.103. The molecule has 1 atom stereocenters. The Balaban J connectivity index is 1.68. The van der Waals surface area contributed by atoms with E-state index in [1.807, 2.05) is 28.9 Å². The number of hydrogen-bond acceptors (Lipinski definition) is 3. The van der Waals surface area contributed by atoms with Crippen LogP contribution in [0.1, 0.15) is 26.5 Å². The number of amides is 2. The van der Waals surface area contributed by atoms with Gasteiger partial charge in [0.2, 0.25) is 0 Å². The Kier molecular flexibility index (Phi) is 4.57. The van der Waals surface area contributed by atoms with Crippen molar-refractivity contribution >= 4 is 20.0 Å². The van der Waals surface area contributed by atoms with Crippen LogP contribution in [0.3, 0.4) is 0 Å². The average molecular weight is 363 g/mol. The second-order valence-corrected chi connectivity index (χ2v) is 13.4. The third-order valence-electron chi connectivity index (χ3n) is 5.84. The van der Waals surface area contributed by atoms with Crippen molar-refractivity contribution in [3.8, 4) is 0 Å². The summed E-state index contributed by atoms with van der Waals surface area (Å²) >= 11 is 0. The zero-order chi connectivity index (χ0) is 18.4. The third kappa shape index (κ3) is 3.39. The monoisotopic (exact) mass is 362 g/mol. The van der Waals surface area contributed by atoms with Gasteiger partial charge in [-0.05, 0) is 30.3 Å². The Hall–Kier alpha value is -1.60. The highest BCUT2D eigenvalue weighted by atomic mass is 28.4. The number of carbonyl (C=O) groups excluding carboxylic acids is 1. The summed E-state index contributed by atoms with van der Waals surface area (Å²) in [6, 6.07) is 2.30. The van der Waals surface area contributed by atoms with Crippen molar-refractivity contribution in [2.75, 3.05) is 26.7 Å². The van der Waals surface area contributed by atoms with Crippen molar-refractivity contribution in [2.45, 2.75) is 51.4 Å². The molecule has 3 rings (SSSR count). The van der Waals surface area contributed by atoms with Crippen LogP contribution >= 0.6 is 0 Å². The van der Waals surface area contributed by atoms with Crippen LogP contribution < -0.4 is 0 Å². The van der Waals surface area contributed by atoms with E-state index in [4.69, 9.17) is 4.43 Å². The number of hydrogen-bond donors (Lipinski definition) is 0. The van der Waals surface area contributed by atoms with Crippen LogP contribution in [-0.4, -0.2) is 66.7 Å². The maximum absolute atomic E-state index is 12.1. The van der Waals surface area contributed by atoms with Crippen molar-refractivity contribution in [3.05, 3.63) is 24.0 Å². The van der Waals surface area contributed by atoms with Gasteiger partial charge in [0.25, 0.3) is 0 Å². The molecule has 6 nitrogen and oxygen atoms in total. The van der Waals surface area contributed by atoms with Gasteiger partial charge in [0.05, 0.1) is 18.3 Å². The number of urea groups is 1. The van der Waals surface area contributed by atoms with E-state index < -0.39 is 8.32 Å². The number of nitrogens with zero attached hydrogens (tertiary/aromatic N) is 4. The van der Waals surface area contributed by atoms with Crippen molar-refractivity contribution in [1.29, 1.82) is 0 Å². The minimum atomic E-state index is -1.73. The van der Waals surface area contributed by atoms with E-state index in [0.717, 1.165) is 24.4 Å². The zero-order valence-electron chi connectivity index (χ0n) is 16.2. The lowest BCUT2D eigenvalue weighted by Crippen LogP contribution is -2.41. The number of likely N-dealkylation sites (N-methyl/N-ethyl adjacent to an activating group) is 1. The molecule has 0 aromatic carbocycles. The Labute approximate surface area is 151 Å². The predicted octanol–water partition coefficient (Wildman–Crippen LogP) is 3.04. The molecule has 1 aromatic heterocycles. The number of aromatic nitrogens is 2. The van der Waals surface area contributed by atoms with Gasteiger partial charge in [0, 0.05) is 38.5 Å². The Bertz CT molecular complexity index is 689. The van der Waals surface area contributed by atoms with E-state index in [1.54, 1.807) is 4.90 Å². The fourth-order valence-corrected chi connectivity index (χ4v) is 4.15. The molecule has 2 amide bonds. The summed E-state index contributed by atoms with van der Waals surface area (Å²) in [7, 11) is 0.135. The molecule has 7 heteroatoms. The highest BCUT2D eigenvalue weighted by Crippen LogP contribution is 2.36. The van der Waals surface area contributed by atoms with Crippen molar-refractivity contribution < 1.29 is 9.22 Å². The van der Waals surface area contributed by atoms with Crippen LogP contribution in [0.25, 0.3) is 5.70 Å². The van der Waals surface area contributed by atoms with Crippen LogP contribution in [0.5, 0.6) is 0 Å². The van der Waals surface area contributed by atoms with Crippen LogP contribution in [0, 0.1) is 0 Å². The van der Waals surface area contributed by atoms with Crippen molar-refractivity contribution in [1.82, 2.24) is 19.6 Å². The lowest BCUT2D eigenvalue weighted by atomic mass is 10.1. The quantitative estimate of drug-likeness (QED) is 0.757. The molecule has 1 aromatic rings. The smallest absolute Gasteiger partial charge is 0.320 e. The van der Waals surface area contributed by atoms with E-state index in [1.165, 1.54) is 0 Å². The lowest BCUT2D eigenvalue weighted by molar-refractivity contribution is 0.201. The summed E-state index contributed by atoms with van der Waals surface area (Å²) in [5, 5.41) is 4.72. The maximum atomic E-state index is 12.1. The van der Waals surface area contributed by atoms with Gasteiger partial charge in [0.15, 0.2) is 8.32 Å². The molecule has 0 saturated carbocycles. The molecule has 1 fully saturated rings. The molecule has 25 heavy (non-hydrogen) atoms. The van der Waals surface area contributed by atoms with Crippen molar-refractivity contribution in [3.63, 3.8) is 0 Å². The molecule has 2 bridgehead atoms. The Morgan fingerprint density at radius 2 is 2.08 bits per heavy atom. The normalized spacial score (nSPS) is 21.1. The summed E-state index contributed by atoms with van der Waals surface area (Å²) in [5.41, 5.74) is 2.23. The summed E-state index contributed by atoms with van der Waals surface area (Å²) in [4.78, 5) is 15.8. The Morgan fingerprint density at radius 3 is 2.72 bits per heavy atom. The van der Waals surface area contributed by atoms with Gasteiger partial charge in [-0.15, -0.1) is 0 Å². The van der Waals surface area contributed by atoms with Crippen LogP contribution in [0.4, 0.5) is 4.79 Å². The predicted molar refractivity (Wildman–Crippen MR) is 102 cm³/mol. The average Bonchev–Trinajstić information content (AvgIpc) is 3.06. The fraction of sp³-hybridized carbons (Fsp3) is 0.667. The lowest BCUT2D eigenvalue weighted by Gasteiger charge is -2.36. The molecular weight excluding hydrogens is 332 g/mol. The fourth-order valence-electron chi connectivity index (χ4n) is 3.10. The van der Waals surface area contributed by atoms with E-state index in [9.17, 15) is 4.79 Å². The van der Waals surface area contributed by atoms with Gasteiger partial charge in [-0.2, -0.15) is 5.10 Å². The van der Waals surface area contributed by atoms with Gasteiger partial charge in [0.1, 0.15) is 0 Å². The van der Waals surface area contributed by atoms with E-state index in [0.29, 0.717) is 13.2 Å². The molecule has 3 heterocycles. The highest BCUT2D eigenvalue weighted by molar-refractivity contribution is 6.74. The number of carbonyl (C=O) groups is 1. The van der Waals surface area contributed by atoms with E-state index >= 15 is 0 Å². The zero-order valence-corrected chi connectivity index (χ0v) is 17.2. The second-order valence-electron chi connectivity index (χ2n) is 8.59.